The van der Waals surface area contributed by atoms with Crippen molar-refractivity contribution in [3.8, 4) is 0 Å². The zero-order valence-corrected chi connectivity index (χ0v) is 56.8. The van der Waals surface area contributed by atoms with Gasteiger partial charge >= 0.3 is 63.2 Å². The third kappa shape index (κ3) is 1620. The number of hydrogen-bond donors (Lipinski definition) is 0. The van der Waals surface area contributed by atoms with Gasteiger partial charge in [0.1, 0.15) is 0 Å². The van der Waals surface area contributed by atoms with Crippen LogP contribution < -0.4 is 0 Å². The Hall–Kier alpha value is 2.06. The molecule has 0 aliphatic rings. The van der Waals surface area contributed by atoms with Gasteiger partial charge in [-0.1, -0.05) is 298 Å². The van der Waals surface area contributed by atoms with Crippen molar-refractivity contribution in [2.75, 3.05) is 0 Å². The maximum Gasteiger partial charge on any atom is 2.00 e. The normalized spacial score (nSPS) is 5.24. The van der Waals surface area contributed by atoms with E-state index in [0.717, 1.165) is 12.8 Å². The van der Waals surface area contributed by atoms with Crippen molar-refractivity contribution in [2.24, 2.45) is 0 Å². The summed E-state index contributed by atoms with van der Waals surface area (Å²) in [6, 6.07) is 0. The van der Waals surface area contributed by atoms with Gasteiger partial charge < -0.3 is 43.6 Å². The van der Waals surface area contributed by atoms with Gasteiger partial charge in [0.05, 0.1) is 0 Å². The molecule has 0 radical (unpaired) electrons. The summed E-state index contributed by atoms with van der Waals surface area (Å²) >= 11 is 0. The zero-order valence-electron chi connectivity index (χ0n) is 48.0. The molecular formula is C52H138W3. The average Bonchev–Trinajstić information content (AvgIpc) is 3.20. The summed E-state index contributed by atoms with van der Waals surface area (Å²) in [4.78, 5) is 0. The molecule has 0 aliphatic carbocycles. The van der Waals surface area contributed by atoms with Crippen LogP contribution in [0.4, 0.5) is 0 Å². The maximum absolute atomic E-state index is 3.49. The SMILES string of the molecule is CC.CC.CC.CC.CC.CC.CC.CC.CCCC.CCCC.CCCC.CCCC.CCCCC.CCCCC.[CH2-]CC.[CH2-]CC.[CH3-].[CH3-].[CH3-].[CH3-].[W+2].[W+2].[W+2]. The Kier molecular flexibility index (Phi) is 1460. The van der Waals surface area contributed by atoms with Crippen LogP contribution in [-0.2, 0) is 63.2 Å². The van der Waals surface area contributed by atoms with Crippen LogP contribution in [0.1, 0.15) is 310 Å². The second-order valence-corrected chi connectivity index (χ2v) is 7.71. The van der Waals surface area contributed by atoms with Crippen LogP contribution in [0.3, 0.4) is 0 Å². The van der Waals surface area contributed by atoms with Gasteiger partial charge in [-0.3, -0.25) is 0 Å². The summed E-state index contributed by atoms with van der Waals surface area (Å²) in [6.45, 7) is 69.3. The van der Waals surface area contributed by atoms with E-state index in [4.69, 9.17) is 0 Å². The Morgan fingerprint density at radius 2 is 0.255 bits per heavy atom. The van der Waals surface area contributed by atoms with E-state index in [1.807, 2.05) is 125 Å². The molecule has 0 aromatic rings. The molecule has 0 nitrogen and oxygen atoms in total. The van der Waals surface area contributed by atoms with E-state index in [2.05, 4.69) is 96.9 Å². The summed E-state index contributed by atoms with van der Waals surface area (Å²) < 4.78 is 0. The van der Waals surface area contributed by atoms with Crippen LogP contribution in [-0.4, -0.2) is 0 Å². The molecule has 0 saturated carbocycles. The number of rotatable bonds is 8. The standard InChI is InChI=1S/2C5H12.4C4H10.2C3H7.8C2H6.4CH3.3W/c2*1-3-5-4-2;4*1-3-4-2;2*1-3-2;8*1-2;;;;;;;/h2*3-5H2,1-2H3;4*3-4H2,1-2H3;2*1,3H2,2H3;8*1-2H3;4*1H3;;;/q;;;;;;2*-1;;;;;;;;;4*-1;3*+2. The Bertz CT molecular complexity index is 109. The van der Waals surface area contributed by atoms with Crippen LogP contribution in [0, 0.1) is 43.6 Å². The van der Waals surface area contributed by atoms with E-state index in [-0.39, 0.29) is 92.9 Å². The van der Waals surface area contributed by atoms with Gasteiger partial charge in [0.25, 0.3) is 0 Å². The van der Waals surface area contributed by atoms with Gasteiger partial charge in [-0.15, -0.1) is 0 Å². The average molecular weight is 1320 g/mol. The molecule has 0 amide bonds. The second kappa shape index (κ2) is 521. The number of unbranched alkanes of at least 4 members (excludes halogenated alkanes) is 8. The minimum atomic E-state index is 0. The fourth-order valence-corrected chi connectivity index (χ4v) is 0.707. The van der Waals surface area contributed by atoms with Crippen molar-refractivity contribution in [3.63, 3.8) is 0 Å². The summed E-state index contributed by atoms with van der Waals surface area (Å²) in [6.07, 6.45) is 20.7. The van der Waals surface area contributed by atoms with Crippen molar-refractivity contribution < 1.29 is 63.2 Å². The quantitative estimate of drug-likeness (QED) is 0.213. The van der Waals surface area contributed by atoms with Crippen molar-refractivity contribution in [3.05, 3.63) is 43.6 Å². The molecule has 0 bridgehead atoms. The first-order valence-electron chi connectivity index (χ1n) is 22.9. The van der Waals surface area contributed by atoms with E-state index in [1.165, 1.54) is 89.9 Å². The van der Waals surface area contributed by atoms with Gasteiger partial charge in [-0.2, -0.15) is 12.8 Å². The molecule has 0 rings (SSSR count). The van der Waals surface area contributed by atoms with Crippen LogP contribution in [0.25, 0.3) is 0 Å². The summed E-state index contributed by atoms with van der Waals surface area (Å²) in [5.41, 5.74) is 0. The van der Waals surface area contributed by atoms with Crippen molar-refractivity contribution in [1.29, 1.82) is 0 Å². The summed E-state index contributed by atoms with van der Waals surface area (Å²) in [5.74, 6) is 0. The van der Waals surface area contributed by atoms with Crippen LogP contribution in [0.15, 0.2) is 0 Å². The van der Waals surface area contributed by atoms with E-state index < -0.39 is 0 Å². The Labute approximate surface area is 414 Å². The molecule has 364 valence electrons. The number of hydrogen-bond acceptors (Lipinski definition) is 0. The first kappa shape index (κ1) is 155. The maximum atomic E-state index is 3.49. The van der Waals surface area contributed by atoms with Crippen molar-refractivity contribution in [2.45, 2.75) is 310 Å². The molecule has 0 N–H and O–H groups in total. The minimum Gasteiger partial charge on any atom is -0.358 e. The second-order valence-electron chi connectivity index (χ2n) is 7.71. The molecule has 55 heavy (non-hydrogen) atoms. The smallest absolute Gasteiger partial charge is 0.358 e. The molecule has 0 saturated heterocycles. The topological polar surface area (TPSA) is 0 Å². The van der Waals surface area contributed by atoms with Crippen molar-refractivity contribution >= 4 is 0 Å². The van der Waals surface area contributed by atoms with Crippen LogP contribution in [0.5, 0.6) is 0 Å². The van der Waals surface area contributed by atoms with Gasteiger partial charge in [0, 0.05) is 0 Å². The van der Waals surface area contributed by atoms with Gasteiger partial charge in [-0.25, -0.2) is 0 Å². The van der Waals surface area contributed by atoms with Crippen LogP contribution >= 0.6 is 0 Å². The molecule has 0 atom stereocenters. The molecule has 0 aromatic heterocycles. The van der Waals surface area contributed by atoms with Gasteiger partial charge in [-0.05, 0) is 0 Å². The third-order valence-electron chi connectivity index (χ3n) is 3.41. The van der Waals surface area contributed by atoms with E-state index >= 15 is 0 Å². The molecule has 0 fully saturated rings. The summed E-state index contributed by atoms with van der Waals surface area (Å²) in [7, 11) is 0. The minimum absolute atomic E-state index is 0. The molecular weight excluding hydrogens is 1180 g/mol. The van der Waals surface area contributed by atoms with Crippen LogP contribution in [0.2, 0.25) is 0 Å². The first-order chi connectivity index (χ1) is 23.3. The van der Waals surface area contributed by atoms with E-state index in [1.54, 1.807) is 0 Å². The fourth-order valence-electron chi connectivity index (χ4n) is 0.707. The molecule has 0 aliphatic heterocycles. The predicted molar refractivity (Wildman–Crippen MR) is 280 cm³/mol. The molecule has 0 aromatic carbocycles. The fraction of sp³-hybridized carbons (Fsp3) is 0.885. The largest absolute Gasteiger partial charge is 2.00 e. The monoisotopic (exact) mass is 1310 g/mol. The molecule has 0 heterocycles. The molecule has 0 spiro atoms. The Balaban J connectivity index is -0.00000000950. The predicted octanol–water partition coefficient (Wildman–Crippen LogP) is 24.1. The van der Waals surface area contributed by atoms with Crippen molar-refractivity contribution in [1.82, 2.24) is 0 Å². The van der Waals surface area contributed by atoms with E-state index in [9.17, 15) is 0 Å². The van der Waals surface area contributed by atoms with Gasteiger partial charge in [0.2, 0.25) is 0 Å². The zero-order chi connectivity index (χ0) is 43.3. The Morgan fingerprint density at radius 3 is 0.255 bits per heavy atom. The molecule has 0 unspecified atom stereocenters. The first-order valence-corrected chi connectivity index (χ1v) is 22.9. The van der Waals surface area contributed by atoms with E-state index in [0.29, 0.717) is 0 Å². The Morgan fingerprint density at radius 1 is 0.200 bits per heavy atom. The molecule has 3 heteroatoms. The summed E-state index contributed by atoms with van der Waals surface area (Å²) in [5, 5.41) is 0. The third-order valence-corrected chi connectivity index (χ3v) is 3.41. The van der Waals surface area contributed by atoms with Gasteiger partial charge in [0.15, 0.2) is 0 Å².